The largest absolute Gasteiger partial charge is 0.465 e. The summed E-state index contributed by atoms with van der Waals surface area (Å²) in [6.45, 7) is 2.89. The number of carbonyl (C=O) groups excluding carboxylic acids is 1. The Kier molecular flexibility index (Phi) is 11.1. The Morgan fingerprint density at radius 3 is 1.91 bits per heavy atom. The van der Waals surface area contributed by atoms with Crippen LogP contribution in [0.25, 0.3) is 0 Å². The Balaban J connectivity index is 1.83. The standard InChI is InChI=1S/C19H33NO3/c1-2-3-4-5-6-7-8-9-10-11-12-13-16-22-18-15-14-17(23-18)19(20)21/h14-15H,2-13,16H2,1H3,(H2,20,21). The highest BCUT2D eigenvalue weighted by Gasteiger charge is 2.07. The van der Waals surface area contributed by atoms with Crippen molar-refractivity contribution in [1.82, 2.24) is 0 Å². The van der Waals surface area contributed by atoms with Gasteiger partial charge in [0.1, 0.15) is 0 Å². The van der Waals surface area contributed by atoms with Crippen LogP contribution in [0.2, 0.25) is 0 Å². The van der Waals surface area contributed by atoms with Crippen molar-refractivity contribution in [2.24, 2.45) is 5.73 Å². The summed E-state index contributed by atoms with van der Waals surface area (Å²) >= 11 is 0. The number of nitrogens with two attached hydrogens (primary N) is 1. The van der Waals surface area contributed by atoms with Gasteiger partial charge in [-0.15, -0.1) is 0 Å². The lowest BCUT2D eigenvalue weighted by Crippen LogP contribution is -2.09. The second-order valence-electron chi connectivity index (χ2n) is 6.22. The molecule has 1 amide bonds. The van der Waals surface area contributed by atoms with E-state index in [-0.39, 0.29) is 5.76 Å². The van der Waals surface area contributed by atoms with Gasteiger partial charge in [0.05, 0.1) is 6.61 Å². The van der Waals surface area contributed by atoms with Gasteiger partial charge in [-0.05, 0) is 12.5 Å². The fourth-order valence-electron chi connectivity index (χ4n) is 2.65. The van der Waals surface area contributed by atoms with E-state index in [4.69, 9.17) is 14.9 Å². The van der Waals surface area contributed by atoms with E-state index >= 15 is 0 Å². The van der Waals surface area contributed by atoms with Crippen molar-refractivity contribution in [3.63, 3.8) is 0 Å². The molecule has 0 aliphatic rings. The first-order valence-corrected chi connectivity index (χ1v) is 9.26. The Hall–Kier alpha value is -1.45. The molecule has 4 heteroatoms. The first-order chi connectivity index (χ1) is 11.2. The Morgan fingerprint density at radius 1 is 0.913 bits per heavy atom. The summed E-state index contributed by atoms with van der Waals surface area (Å²) in [5.41, 5.74) is 5.11. The predicted molar refractivity (Wildman–Crippen MR) is 93.8 cm³/mol. The minimum absolute atomic E-state index is 0.148. The molecule has 0 spiro atoms. The molecule has 0 aromatic carbocycles. The maximum atomic E-state index is 10.9. The summed E-state index contributed by atoms with van der Waals surface area (Å²) in [7, 11) is 0. The zero-order valence-corrected chi connectivity index (χ0v) is 14.6. The summed E-state index contributed by atoms with van der Waals surface area (Å²) in [4.78, 5) is 10.9. The zero-order chi connectivity index (χ0) is 16.8. The molecule has 1 aromatic heterocycles. The molecule has 4 nitrogen and oxygen atoms in total. The van der Waals surface area contributed by atoms with Gasteiger partial charge in [-0.25, -0.2) is 0 Å². The second kappa shape index (κ2) is 13.0. The number of ether oxygens (including phenoxy) is 1. The van der Waals surface area contributed by atoms with Crippen LogP contribution >= 0.6 is 0 Å². The minimum Gasteiger partial charge on any atom is -0.465 e. The average molecular weight is 323 g/mol. The summed E-state index contributed by atoms with van der Waals surface area (Å²) in [5.74, 6) is -0.0400. The van der Waals surface area contributed by atoms with Crippen molar-refractivity contribution in [3.05, 3.63) is 17.9 Å². The van der Waals surface area contributed by atoms with Gasteiger partial charge in [0.25, 0.3) is 11.9 Å². The number of primary amides is 1. The molecule has 0 radical (unpaired) electrons. The molecule has 0 saturated carbocycles. The third kappa shape index (κ3) is 10.0. The molecular formula is C19H33NO3. The van der Waals surface area contributed by atoms with Crippen molar-refractivity contribution in [2.45, 2.75) is 84.0 Å². The van der Waals surface area contributed by atoms with Gasteiger partial charge in [0.15, 0.2) is 5.76 Å². The highest BCUT2D eigenvalue weighted by atomic mass is 16.6. The highest BCUT2D eigenvalue weighted by Crippen LogP contribution is 2.16. The third-order valence-corrected chi connectivity index (χ3v) is 4.07. The third-order valence-electron chi connectivity index (χ3n) is 4.07. The van der Waals surface area contributed by atoms with Crippen LogP contribution in [-0.2, 0) is 0 Å². The van der Waals surface area contributed by atoms with Crippen molar-refractivity contribution < 1.29 is 13.9 Å². The Labute approximate surface area is 140 Å². The number of rotatable bonds is 15. The Morgan fingerprint density at radius 2 is 1.43 bits per heavy atom. The first-order valence-electron chi connectivity index (χ1n) is 9.26. The number of furan rings is 1. The molecule has 1 aromatic rings. The van der Waals surface area contributed by atoms with E-state index in [0.717, 1.165) is 6.42 Å². The lowest BCUT2D eigenvalue weighted by molar-refractivity contribution is 0.0964. The molecule has 0 saturated heterocycles. The van der Waals surface area contributed by atoms with E-state index in [2.05, 4.69) is 6.92 Å². The lowest BCUT2D eigenvalue weighted by Gasteiger charge is -2.04. The lowest BCUT2D eigenvalue weighted by atomic mass is 10.1. The maximum absolute atomic E-state index is 10.9. The monoisotopic (exact) mass is 323 g/mol. The first kappa shape index (κ1) is 19.6. The van der Waals surface area contributed by atoms with Gasteiger partial charge in [-0.3, -0.25) is 4.79 Å². The van der Waals surface area contributed by atoms with E-state index in [1.807, 2.05) is 0 Å². The molecule has 0 aliphatic heterocycles. The van der Waals surface area contributed by atoms with E-state index in [1.165, 1.54) is 70.6 Å². The van der Waals surface area contributed by atoms with Crippen molar-refractivity contribution in [2.75, 3.05) is 6.61 Å². The summed E-state index contributed by atoms with van der Waals surface area (Å²) < 4.78 is 10.6. The van der Waals surface area contributed by atoms with Crippen LogP contribution in [0, 0.1) is 0 Å². The normalized spacial score (nSPS) is 10.8. The topological polar surface area (TPSA) is 65.5 Å². The molecule has 0 bridgehead atoms. The van der Waals surface area contributed by atoms with Crippen LogP contribution in [0.4, 0.5) is 0 Å². The SMILES string of the molecule is CCCCCCCCCCCCCCOc1ccc(C(N)=O)o1. The minimum atomic E-state index is -0.565. The Bertz CT molecular complexity index is 415. The van der Waals surface area contributed by atoms with Gasteiger partial charge in [-0.1, -0.05) is 77.6 Å². The second-order valence-corrected chi connectivity index (χ2v) is 6.22. The maximum Gasteiger partial charge on any atom is 0.284 e. The van der Waals surface area contributed by atoms with Crippen LogP contribution in [0.15, 0.2) is 16.5 Å². The zero-order valence-electron chi connectivity index (χ0n) is 14.6. The molecule has 132 valence electrons. The fourth-order valence-corrected chi connectivity index (χ4v) is 2.65. The molecule has 0 fully saturated rings. The number of hydrogen-bond acceptors (Lipinski definition) is 3. The van der Waals surface area contributed by atoms with Gasteiger partial charge >= 0.3 is 0 Å². The molecule has 0 unspecified atom stereocenters. The van der Waals surface area contributed by atoms with Crippen LogP contribution < -0.4 is 10.5 Å². The molecular weight excluding hydrogens is 290 g/mol. The molecule has 1 rings (SSSR count). The van der Waals surface area contributed by atoms with E-state index in [9.17, 15) is 4.79 Å². The van der Waals surface area contributed by atoms with Gasteiger partial charge in [0, 0.05) is 6.07 Å². The molecule has 0 aliphatic carbocycles. The number of unbranched alkanes of at least 4 members (excludes halogenated alkanes) is 11. The van der Waals surface area contributed by atoms with Crippen molar-refractivity contribution >= 4 is 5.91 Å². The molecule has 0 atom stereocenters. The van der Waals surface area contributed by atoms with E-state index in [0.29, 0.717) is 12.6 Å². The van der Waals surface area contributed by atoms with Crippen LogP contribution in [-0.4, -0.2) is 12.5 Å². The number of carbonyl (C=O) groups is 1. The number of amides is 1. The summed E-state index contributed by atoms with van der Waals surface area (Å²) in [5, 5.41) is 0. The molecule has 1 heterocycles. The molecule has 23 heavy (non-hydrogen) atoms. The van der Waals surface area contributed by atoms with Gasteiger partial charge in [0.2, 0.25) is 0 Å². The van der Waals surface area contributed by atoms with Crippen LogP contribution in [0.3, 0.4) is 0 Å². The quantitative estimate of drug-likeness (QED) is 0.436. The predicted octanol–water partition coefficient (Wildman–Crippen LogP) is 5.46. The molecule has 2 N–H and O–H groups in total. The van der Waals surface area contributed by atoms with E-state index in [1.54, 1.807) is 12.1 Å². The van der Waals surface area contributed by atoms with Gasteiger partial charge in [-0.2, -0.15) is 0 Å². The van der Waals surface area contributed by atoms with Crippen molar-refractivity contribution in [1.29, 1.82) is 0 Å². The average Bonchev–Trinajstić information content (AvgIpc) is 3.01. The fraction of sp³-hybridized carbons (Fsp3) is 0.737. The van der Waals surface area contributed by atoms with Crippen LogP contribution in [0.5, 0.6) is 5.95 Å². The highest BCUT2D eigenvalue weighted by molar-refractivity contribution is 5.89. The van der Waals surface area contributed by atoms with Crippen molar-refractivity contribution in [3.8, 4) is 5.95 Å². The smallest absolute Gasteiger partial charge is 0.284 e. The van der Waals surface area contributed by atoms with Gasteiger partial charge < -0.3 is 14.9 Å². The summed E-state index contributed by atoms with van der Waals surface area (Å²) in [6, 6.07) is 3.18. The summed E-state index contributed by atoms with van der Waals surface area (Å²) in [6.07, 6.45) is 15.9. The van der Waals surface area contributed by atoms with E-state index < -0.39 is 5.91 Å². The number of hydrogen-bond donors (Lipinski definition) is 1. The van der Waals surface area contributed by atoms with Crippen LogP contribution in [0.1, 0.15) is 94.5 Å².